The molecular weight excluding hydrogens is 225 g/mol. The Morgan fingerprint density at radius 1 is 1.00 bits per heavy atom. The van der Waals surface area contributed by atoms with Gasteiger partial charge in [-0.2, -0.15) is 0 Å². The fourth-order valence-electron chi connectivity index (χ4n) is 0.689. The molecule has 0 saturated heterocycles. The summed E-state index contributed by atoms with van der Waals surface area (Å²) in [6.07, 6.45) is 0. The SMILES string of the molecule is Cc1cccc(SN)c1.F.F.F.F.F. The molecule has 0 aliphatic carbocycles. The van der Waals surface area contributed by atoms with Crippen LogP contribution in [0.3, 0.4) is 0 Å². The van der Waals surface area contributed by atoms with Crippen LogP contribution in [0.4, 0.5) is 23.5 Å². The fraction of sp³-hybridized carbons (Fsp3) is 0.143. The summed E-state index contributed by atoms with van der Waals surface area (Å²) >= 11 is 1.28. The lowest BCUT2D eigenvalue weighted by molar-refractivity contribution is 1.11. The van der Waals surface area contributed by atoms with Crippen LogP contribution >= 0.6 is 11.9 Å². The predicted octanol–water partition coefficient (Wildman–Crippen LogP) is 2.72. The molecule has 88 valence electrons. The highest BCUT2D eigenvalue weighted by Gasteiger charge is 1.87. The molecule has 0 spiro atoms. The normalized spacial score (nSPS) is 6.14. The molecule has 0 heterocycles. The lowest BCUT2D eigenvalue weighted by Gasteiger charge is -1.94. The maximum Gasteiger partial charge on any atom is 0.0228 e. The molecular formula is C7H14F5NS. The third-order valence-electron chi connectivity index (χ3n) is 1.13. The minimum absolute atomic E-state index is 0. The van der Waals surface area contributed by atoms with Crippen LogP contribution in [0.15, 0.2) is 29.2 Å². The summed E-state index contributed by atoms with van der Waals surface area (Å²) in [5.74, 6) is 0. The molecule has 7 heteroatoms. The van der Waals surface area contributed by atoms with Gasteiger partial charge in [-0.15, -0.1) is 0 Å². The topological polar surface area (TPSA) is 26.0 Å². The highest BCUT2D eigenvalue weighted by molar-refractivity contribution is 7.97. The van der Waals surface area contributed by atoms with E-state index in [9.17, 15) is 0 Å². The van der Waals surface area contributed by atoms with Gasteiger partial charge in [0.05, 0.1) is 0 Å². The van der Waals surface area contributed by atoms with Gasteiger partial charge < -0.3 is 0 Å². The number of aryl methyl sites for hydroxylation is 1. The van der Waals surface area contributed by atoms with Crippen molar-refractivity contribution in [1.29, 1.82) is 0 Å². The maximum atomic E-state index is 5.34. The molecule has 0 aliphatic rings. The van der Waals surface area contributed by atoms with Gasteiger partial charge in [-0.1, -0.05) is 12.1 Å². The maximum absolute atomic E-state index is 5.34. The van der Waals surface area contributed by atoms with E-state index in [0.717, 1.165) is 4.90 Å². The fourth-order valence-corrected chi connectivity index (χ4v) is 1.10. The molecule has 2 N–H and O–H groups in total. The molecule has 0 bridgehead atoms. The smallest absolute Gasteiger partial charge is 0.0228 e. The van der Waals surface area contributed by atoms with Gasteiger partial charge in [-0.05, 0) is 36.6 Å². The van der Waals surface area contributed by atoms with Crippen LogP contribution in [0.5, 0.6) is 0 Å². The van der Waals surface area contributed by atoms with E-state index in [1.54, 1.807) is 0 Å². The van der Waals surface area contributed by atoms with Crippen molar-refractivity contribution in [1.82, 2.24) is 0 Å². The van der Waals surface area contributed by atoms with Crippen molar-refractivity contribution >= 4 is 11.9 Å². The van der Waals surface area contributed by atoms with E-state index >= 15 is 0 Å². The second-order valence-electron chi connectivity index (χ2n) is 1.93. The van der Waals surface area contributed by atoms with E-state index in [0.29, 0.717) is 0 Å². The molecule has 0 radical (unpaired) electrons. The van der Waals surface area contributed by atoms with Crippen LogP contribution in [0, 0.1) is 6.92 Å². The van der Waals surface area contributed by atoms with Gasteiger partial charge in [-0.3, -0.25) is 28.7 Å². The lowest BCUT2D eigenvalue weighted by atomic mass is 10.2. The van der Waals surface area contributed by atoms with E-state index in [-0.39, 0.29) is 23.5 Å². The first-order valence-electron chi connectivity index (χ1n) is 2.76. The predicted molar refractivity (Wildman–Crippen MR) is 53.7 cm³/mol. The Hall–Kier alpha value is -0.820. The average Bonchev–Trinajstić information content (AvgIpc) is 1.88. The summed E-state index contributed by atoms with van der Waals surface area (Å²) in [6.45, 7) is 2.06. The van der Waals surface area contributed by atoms with Gasteiger partial charge in [0.1, 0.15) is 0 Å². The van der Waals surface area contributed by atoms with Crippen molar-refractivity contribution in [2.45, 2.75) is 11.8 Å². The number of benzene rings is 1. The van der Waals surface area contributed by atoms with Crippen molar-refractivity contribution in [3.05, 3.63) is 29.8 Å². The first kappa shape index (κ1) is 29.2. The molecule has 1 aromatic carbocycles. The molecule has 1 aromatic rings. The molecule has 0 atom stereocenters. The van der Waals surface area contributed by atoms with Crippen LogP contribution in [0.2, 0.25) is 0 Å². The molecule has 0 fully saturated rings. The molecule has 0 aliphatic heterocycles. The Morgan fingerprint density at radius 2 is 1.50 bits per heavy atom. The molecule has 0 aromatic heterocycles. The minimum Gasteiger partial charge on any atom is -0.274 e. The van der Waals surface area contributed by atoms with Crippen LogP contribution in [0.25, 0.3) is 0 Å². The largest absolute Gasteiger partial charge is 0.274 e. The van der Waals surface area contributed by atoms with E-state index in [4.69, 9.17) is 5.14 Å². The van der Waals surface area contributed by atoms with Crippen molar-refractivity contribution < 1.29 is 23.5 Å². The standard InChI is InChI=1S/C7H9NS.5FH/c1-6-3-2-4-7(5-6)9-8;;;;;/h2-5H,8H2,1H3;5*1H. The number of hydrogen-bond acceptors (Lipinski definition) is 2. The summed E-state index contributed by atoms with van der Waals surface area (Å²) in [5.41, 5.74) is 1.26. The van der Waals surface area contributed by atoms with Crippen molar-refractivity contribution in [2.24, 2.45) is 5.14 Å². The van der Waals surface area contributed by atoms with E-state index < -0.39 is 0 Å². The van der Waals surface area contributed by atoms with E-state index in [2.05, 4.69) is 19.1 Å². The zero-order valence-corrected chi connectivity index (χ0v) is 8.15. The second kappa shape index (κ2) is 14.7. The second-order valence-corrected chi connectivity index (χ2v) is 2.64. The monoisotopic (exact) mass is 239 g/mol. The zero-order valence-electron chi connectivity index (χ0n) is 7.34. The summed E-state index contributed by atoms with van der Waals surface area (Å²) in [4.78, 5) is 1.12. The number of hydrogen-bond donors (Lipinski definition) is 1. The van der Waals surface area contributed by atoms with Gasteiger partial charge in [-0.25, -0.2) is 0 Å². The Bertz CT molecular complexity index is 211. The highest BCUT2D eigenvalue weighted by Crippen LogP contribution is 2.11. The van der Waals surface area contributed by atoms with Gasteiger partial charge >= 0.3 is 0 Å². The van der Waals surface area contributed by atoms with Crippen LogP contribution < -0.4 is 5.14 Å². The van der Waals surface area contributed by atoms with E-state index in [1.807, 2.05) is 12.1 Å². The Morgan fingerprint density at radius 3 is 1.79 bits per heavy atom. The lowest BCUT2D eigenvalue weighted by Crippen LogP contribution is -1.79. The number of rotatable bonds is 1. The first-order chi connectivity index (χ1) is 4.33. The molecule has 1 nitrogen and oxygen atoms in total. The summed E-state index contributed by atoms with van der Waals surface area (Å²) in [7, 11) is 0. The van der Waals surface area contributed by atoms with Gasteiger partial charge in [0.2, 0.25) is 0 Å². The summed E-state index contributed by atoms with van der Waals surface area (Å²) in [6, 6.07) is 8.12. The molecule has 1 rings (SSSR count). The van der Waals surface area contributed by atoms with Gasteiger partial charge in [0, 0.05) is 4.90 Å². The number of nitrogens with two attached hydrogens (primary N) is 1. The Labute approximate surface area is 83.0 Å². The third kappa shape index (κ3) is 9.27. The zero-order chi connectivity index (χ0) is 6.69. The Kier molecular flexibility index (Phi) is 30.7. The highest BCUT2D eigenvalue weighted by atomic mass is 32.2. The van der Waals surface area contributed by atoms with Crippen molar-refractivity contribution in [3.8, 4) is 0 Å². The first-order valence-corrected chi connectivity index (χ1v) is 3.64. The van der Waals surface area contributed by atoms with Crippen LogP contribution in [-0.2, 0) is 0 Å². The quantitative estimate of drug-likeness (QED) is 0.602. The molecule has 0 unspecified atom stereocenters. The van der Waals surface area contributed by atoms with E-state index in [1.165, 1.54) is 17.5 Å². The summed E-state index contributed by atoms with van der Waals surface area (Å²) in [5, 5.41) is 5.34. The van der Waals surface area contributed by atoms with Gasteiger partial charge in [0.15, 0.2) is 0 Å². The van der Waals surface area contributed by atoms with Crippen molar-refractivity contribution in [3.63, 3.8) is 0 Å². The van der Waals surface area contributed by atoms with Crippen molar-refractivity contribution in [2.75, 3.05) is 0 Å². The van der Waals surface area contributed by atoms with Gasteiger partial charge in [0.25, 0.3) is 0 Å². The summed E-state index contributed by atoms with van der Waals surface area (Å²) < 4.78 is 0. The minimum atomic E-state index is 0. The number of halogens is 5. The Balaban J connectivity index is -0.0000000540. The molecule has 14 heavy (non-hydrogen) atoms. The van der Waals surface area contributed by atoms with Crippen LogP contribution in [-0.4, -0.2) is 0 Å². The van der Waals surface area contributed by atoms with Crippen LogP contribution in [0.1, 0.15) is 5.56 Å². The molecule has 0 saturated carbocycles. The average molecular weight is 239 g/mol. The third-order valence-corrected chi connectivity index (χ3v) is 1.65. The molecule has 0 amide bonds.